The summed E-state index contributed by atoms with van der Waals surface area (Å²) in [5.74, 6) is 1.07. The molecule has 1 rings (SSSR count). The lowest BCUT2D eigenvalue weighted by Gasteiger charge is -2.05. The van der Waals surface area contributed by atoms with Crippen molar-refractivity contribution < 1.29 is 8.42 Å². The number of thioether (sulfide) groups is 1. The smallest absolute Gasteiger partial charge is 0.242 e. The summed E-state index contributed by atoms with van der Waals surface area (Å²) in [6.45, 7) is 4.24. The lowest BCUT2D eigenvalue weighted by molar-refractivity contribution is 0.578. The Bertz CT molecular complexity index is 517. The van der Waals surface area contributed by atoms with Crippen molar-refractivity contribution in [2.24, 2.45) is 0 Å². The highest BCUT2D eigenvalue weighted by atomic mass is 79.9. The van der Waals surface area contributed by atoms with Crippen LogP contribution in [0.25, 0.3) is 0 Å². The third-order valence-electron chi connectivity index (χ3n) is 2.79. The van der Waals surface area contributed by atoms with Crippen LogP contribution in [0.15, 0.2) is 14.7 Å². The summed E-state index contributed by atoms with van der Waals surface area (Å²) in [4.78, 5) is 1.38. The van der Waals surface area contributed by atoms with E-state index < -0.39 is 10.0 Å². The summed E-state index contributed by atoms with van der Waals surface area (Å²) >= 11 is 6.62. The molecule has 0 amide bonds. The fourth-order valence-electron chi connectivity index (χ4n) is 1.71. The third-order valence-corrected chi connectivity index (χ3v) is 7.20. The van der Waals surface area contributed by atoms with Gasteiger partial charge in [0.1, 0.15) is 4.90 Å². The Labute approximate surface area is 144 Å². The van der Waals surface area contributed by atoms with Crippen LogP contribution in [-0.4, -0.2) is 33.5 Å². The maximum atomic E-state index is 12.3. The molecule has 1 aromatic heterocycles. The molecule has 2 N–H and O–H groups in total. The first-order valence-electron chi connectivity index (χ1n) is 6.98. The van der Waals surface area contributed by atoms with E-state index in [-0.39, 0.29) is 0 Å². The minimum absolute atomic E-state index is 0.352. The number of halogens is 1. The fraction of sp³-hybridized carbons (Fsp3) is 0.692. The molecule has 4 nitrogen and oxygen atoms in total. The summed E-state index contributed by atoms with van der Waals surface area (Å²) in [5.41, 5.74) is 0. The van der Waals surface area contributed by atoms with Gasteiger partial charge in [0.15, 0.2) is 0 Å². The van der Waals surface area contributed by atoms with E-state index in [9.17, 15) is 8.42 Å². The number of sulfonamides is 1. The van der Waals surface area contributed by atoms with Crippen LogP contribution < -0.4 is 10.0 Å². The Balaban J connectivity index is 2.57. The highest BCUT2D eigenvalue weighted by Crippen LogP contribution is 2.31. The SMILES string of the molecule is CCCNCc1cc(S(=O)(=O)NCCCCSC)c(Br)s1. The molecule has 0 spiro atoms. The van der Waals surface area contributed by atoms with Gasteiger partial charge in [-0.2, -0.15) is 11.8 Å². The van der Waals surface area contributed by atoms with Gasteiger partial charge < -0.3 is 5.32 Å². The molecular formula is C13H23BrN2O2S3. The second kappa shape index (κ2) is 10.2. The average Bonchev–Trinajstić information content (AvgIpc) is 2.81. The molecule has 0 aromatic carbocycles. The van der Waals surface area contributed by atoms with Crippen molar-refractivity contribution in [2.75, 3.05) is 25.1 Å². The van der Waals surface area contributed by atoms with Gasteiger partial charge in [0, 0.05) is 18.0 Å². The average molecular weight is 415 g/mol. The van der Waals surface area contributed by atoms with E-state index in [0.717, 1.165) is 36.4 Å². The van der Waals surface area contributed by atoms with E-state index in [2.05, 4.69) is 39.1 Å². The Morgan fingerprint density at radius 3 is 2.76 bits per heavy atom. The van der Waals surface area contributed by atoms with Crippen LogP contribution in [0.2, 0.25) is 0 Å². The number of hydrogen-bond acceptors (Lipinski definition) is 5. The molecule has 0 bridgehead atoms. The molecule has 0 unspecified atom stereocenters. The van der Waals surface area contributed by atoms with Gasteiger partial charge in [-0.15, -0.1) is 11.3 Å². The number of hydrogen-bond donors (Lipinski definition) is 2. The minimum Gasteiger partial charge on any atom is -0.312 e. The van der Waals surface area contributed by atoms with Gasteiger partial charge in [0.2, 0.25) is 10.0 Å². The summed E-state index contributed by atoms with van der Waals surface area (Å²) in [6.07, 6.45) is 5.02. The topological polar surface area (TPSA) is 58.2 Å². The number of nitrogens with one attached hydrogen (secondary N) is 2. The van der Waals surface area contributed by atoms with Crippen molar-refractivity contribution in [3.05, 3.63) is 14.7 Å². The Morgan fingerprint density at radius 2 is 2.10 bits per heavy atom. The van der Waals surface area contributed by atoms with Crippen molar-refractivity contribution in [3.63, 3.8) is 0 Å². The largest absolute Gasteiger partial charge is 0.312 e. The van der Waals surface area contributed by atoms with Crippen molar-refractivity contribution in [2.45, 2.75) is 37.6 Å². The van der Waals surface area contributed by atoms with Gasteiger partial charge in [-0.25, -0.2) is 13.1 Å². The third kappa shape index (κ3) is 7.00. The number of rotatable bonds is 11. The van der Waals surface area contributed by atoms with E-state index in [1.807, 2.05) is 0 Å². The summed E-state index contributed by atoms with van der Waals surface area (Å²) in [7, 11) is -3.41. The van der Waals surface area contributed by atoms with Gasteiger partial charge in [-0.1, -0.05) is 6.92 Å². The molecule has 122 valence electrons. The molecule has 0 atom stereocenters. The predicted octanol–water partition coefficient (Wildman–Crippen LogP) is 3.43. The first-order valence-corrected chi connectivity index (χ1v) is 11.5. The van der Waals surface area contributed by atoms with Crippen LogP contribution in [0, 0.1) is 0 Å². The van der Waals surface area contributed by atoms with Crippen LogP contribution in [0.3, 0.4) is 0 Å². The molecule has 0 saturated carbocycles. The first kappa shape index (κ1) is 19.4. The van der Waals surface area contributed by atoms with Crippen molar-refractivity contribution >= 4 is 49.1 Å². The zero-order valence-corrected chi connectivity index (χ0v) is 16.5. The summed E-state index contributed by atoms with van der Waals surface area (Å²) in [5, 5.41) is 3.28. The second-order valence-electron chi connectivity index (χ2n) is 4.63. The molecule has 0 aliphatic rings. The summed E-state index contributed by atoms with van der Waals surface area (Å²) in [6, 6.07) is 1.75. The van der Waals surface area contributed by atoms with Crippen LogP contribution in [0.1, 0.15) is 31.1 Å². The van der Waals surface area contributed by atoms with E-state index in [1.54, 1.807) is 17.8 Å². The molecule has 0 fully saturated rings. The second-order valence-corrected chi connectivity index (χ2v) is 9.80. The van der Waals surface area contributed by atoms with Gasteiger partial charge in [-0.3, -0.25) is 0 Å². The predicted molar refractivity (Wildman–Crippen MR) is 96.8 cm³/mol. The monoisotopic (exact) mass is 414 g/mol. The molecule has 1 heterocycles. The first-order chi connectivity index (χ1) is 10.0. The zero-order valence-electron chi connectivity index (χ0n) is 12.4. The van der Waals surface area contributed by atoms with Gasteiger partial charge >= 0.3 is 0 Å². The molecule has 8 heteroatoms. The minimum atomic E-state index is -3.41. The Morgan fingerprint density at radius 1 is 1.33 bits per heavy atom. The van der Waals surface area contributed by atoms with Crippen LogP contribution in [0.5, 0.6) is 0 Å². The normalized spacial score (nSPS) is 12.0. The zero-order chi connectivity index (χ0) is 15.7. The van der Waals surface area contributed by atoms with Crippen LogP contribution in [-0.2, 0) is 16.6 Å². The van der Waals surface area contributed by atoms with Crippen molar-refractivity contribution in [3.8, 4) is 0 Å². The highest BCUT2D eigenvalue weighted by Gasteiger charge is 2.20. The maximum Gasteiger partial charge on any atom is 0.242 e. The Hall–Kier alpha value is 0.400. The lowest BCUT2D eigenvalue weighted by Crippen LogP contribution is -2.24. The van der Waals surface area contributed by atoms with Gasteiger partial charge in [0.25, 0.3) is 0 Å². The van der Waals surface area contributed by atoms with Crippen molar-refractivity contribution in [1.82, 2.24) is 10.0 Å². The number of thiophene rings is 1. The molecule has 0 saturated heterocycles. The number of unbranched alkanes of at least 4 members (excludes halogenated alkanes) is 1. The quantitative estimate of drug-likeness (QED) is 0.544. The van der Waals surface area contributed by atoms with E-state index in [0.29, 0.717) is 21.8 Å². The molecular weight excluding hydrogens is 392 g/mol. The maximum absolute atomic E-state index is 12.3. The van der Waals surface area contributed by atoms with Gasteiger partial charge in [-0.05, 0) is 59.8 Å². The molecule has 21 heavy (non-hydrogen) atoms. The highest BCUT2D eigenvalue weighted by molar-refractivity contribution is 9.11. The standard InChI is InChI=1S/C13H23BrN2O2S3/c1-3-6-15-10-11-9-12(13(14)20-11)21(17,18)16-7-4-5-8-19-2/h9,15-16H,3-8,10H2,1-2H3. The molecule has 0 aliphatic carbocycles. The summed E-state index contributed by atoms with van der Waals surface area (Å²) < 4.78 is 27.9. The molecule has 1 aromatic rings. The van der Waals surface area contributed by atoms with Gasteiger partial charge in [0.05, 0.1) is 3.79 Å². The van der Waals surface area contributed by atoms with E-state index in [1.165, 1.54) is 11.3 Å². The molecule has 0 radical (unpaired) electrons. The molecule has 0 aliphatic heterocycles. The fourth-order valence-corrected chi connectivity index (χ4v) is 5.93. The lowest BCUT2D eigenvalue weighted by atomic mass is 10.3. The van der Waals surface area contributed by atoms with Crippen molar-refractivity contribution in [1.29, 1.82) is 0 Å². The van der Waals surface area contributed by atoms with Crippen LogP contribution in [0.4, 0.5) is 0 Å². The van der Waals surface area contributed by atoms with E-state index >= 15 is 0 Å². The van der Waals surface area contributed by atoms with Crippen LogP contribution >= 0.6 is 39.0 Å². The Kier molecular flexibility index (Phi) is 9.47. The van der Waals surface area contributed by atoms with E-state index in [4.69, 9.17) is 0 Å².